The van der Waals surface area contributed by atoms with E-state index in [4.69, 9.17) is 23.2 Å². The van der Waals surface area contributed by atoms with Crippen LogP contribution in [0, 0.1) is 13.8 Å². The predicted octanol–water partition coefficient (Wildman–Crippen LogP) is 6.41. The van der Waals surface area contributed by atoms with Crippen LogP contribution < -0.4 is 10.4 Å². The highest BCUT2D eigenvalue weighted by atomic mass is 35.5. The van der Waals surface area contributed by atoms with Gasteiger partial charge in [-0.15, -0.1) is 0 Å². The first-order valence-corrected chi connectivity index (χ1v) is 12.4. The number of rotatable bonds is 2. The molecule has 0 spiro atoms. The van der Waals surface area contributed by atoms with Crippen LogP contribution in [-0.2, 0) is 12.8 Å². The topological polar surface area (TPSA) is 0 Å². The van der Waals surface area contributed by atoms with Crippen LogP contribution >= 0.6 is 23.2 Å². The van der Waals surface area contributed by atoms with Crippen LogP contribution in [0.2, 0.25) is 10.0 Å². The Bertz CT molecular complexity index is 1290. The van der Waals surface area contributed by atoms with Crippen molar-refractivity contribution in [1.29, 1.82) is 0 Å². The second-order valence-corrected chi connectivity index (χ2v) is 10.6. The molecule has 0 N–H and O–H groups in total. The van der Waals surface area contributed by atoms with Crippen molar-refractivity contribution in [3.63, 3.8) is 0 Å². The molecule has 4 aromatic carbocycles. The average molecular weight is 455 g/mol. The molecule has 0 atom stereocenters. The Labute approximate surface area is 195 Å². The van der Waals surface area contributed by atoms with Gasteiger partial charge in [0, 0.05) is 22.9 Å². The molecule has 2 aliphatic rings. The molecule has 0 aliphatic heterocycles. The number of benzene rings is 4. The van der Waals surface area contributed by atoms with E-state index < -0.39 is 0 Å². The maximum Gasteiger partial charge on any atom is 0.126 e. The zero-order chi connectivity index (χ0) is 21.3. The Morgan fingerprint density at radius 1 is 0.613 bits per heavy atom. The third-order valence-corrected chi connectivity index (χ3v) is 9.67. The summed E-state index contributed by atoms with van der Waals surface area (Å²) in [5.74, 6) is 0. The van der Waals surface area contributed by atoms with Gasteiger partial charge in [0.15, 0.2) is 0 Å². The fourth-order valence-corrected chi connectivity index (χ4v) is 7.38. The van der Waals surface area contributed by atoms with Gasteiger partial charge in [0.05, 0.1) is 0 Å². The van der Waals surface area contributed by atoms with E-state index in [9.17, 15) is 0 Å². The van der Waals surface area contributed by atoms with Crippen LogP contribution in [0.3, 0.4) is 0 Å². The zero-order valence-electron chi connectivity index (χ0n) is 17.4. The molecule has 3 heteroatoms. The molecule has 0 nitrogen and oxygen atoms in total. The number of hydrogen-bond acceptors (Lipinski definition) is 0. The largest absolute Gasteiger partial charge is 0.126 e. The van der Waals surface area contributed by atoms with Crippen LogP contribution in [0.4, 0.5) is 0 Å². The highest BCUT2D eigenvalue weighted by Gasteiger charge is 2.27. The van der Waals surface area contributed by atoms with Crippen molar-refractivity contribution < 1.29 is 0 Å². The highest BCUT2D eigenvalue weighted by Crippen LogP contribution is 2.41. The molecule has 0 aromatic heterocycles. The van der Waals surface area contributed by atoms with Gasteiger partial charge in [0.25, 0.3) is 0 Å². The lowest BCUT2D eigenvalue weighted by Gasteiger charge is -2.17. The molecular weight excluding hydrogens is 435 g/mol. The molecule has 2 radical (unpaired) electrons. The van der Waals surface area contributed by atoms with Crippen LogP contribution in [0.25, 0.3) is 22.3 Å². The molecule has 0 heterocycles. The molecule has 0 unspecified atom stereocenters. The molecule has 4 aromatic rings. The second-order valence-electron chi connectivity index (χ2n) is 8.61. The highest BCUT2D eigenvalue weighted by molar-refractivity contribution is 6.73. The van der Waals surface area contributed by atoms with E-state index >= 15 is 0 Å². The molecule has 6 rings (SSSR count). The molecule has 2 aliphatic carbocycles. The average Bonchev–Trinajstić information content (AvgIpc) is 3.32. The van der Waals surface area contributed by atoms with Crippen molar-refractivity contribution >= 4 is 43.1 Å². The lowest BCUT2D eigenvalue weighted by atomic mass is 10.0. The minimum atomic E-state index is 0.449. The first kappa shape index (κ1) is 19.4. The van der Waals surface area contributed by atoms with Crippen molar-refractivity contribution in [2.24, 2.45) is 0 Å². The summed E-state index contributed by atoms with van der Waals surface area (Å²) in [5, 5.41) is 4.30. The Balaban J connectivity index is 1.45. The van der Waals surface area contributed by atoms with E-state index in [1.807, 2.05) is 0 Å². The maximum atomic E-state index is 7.06. The third-order valence-electron chi connectivity index (χ3n) is 6.73. The van der Waals surface area contributed by atoms with Gasteiger partial charge in [-0.25, -0.2) is 0 Å². The predicted molar refractivity (Wildman–Crippen MR) is 134 cm³/mol. The Kier molecular flexibility index (Phi) is 4.43. The van der Waals surface area contributed by atoms with Gasteiger partial charge in [-0.05, 0) is 79.9 Å². The van der Waals surface area contributed by atoms with Crippen LogP contribution in [0.5, 0.6) is 0 Å². The zero-order valence-corrected chi connectivity index (χ0v) is 20.0. The number of halogens is 2. The number of fused-ring (bicyclic) bond motifs is 6. The minimum absolute atomic E-state index is 0.449. The molecule has 0 saturated heterocycles. The maximum absolute atomic E-state index is 7.06. The van der Waals surface area contributed by atoms with E-state index in [1.54, 1.807) is 0 Å². The van der Waals surface area contributed by atoms with Crippen molar-refractivity contribution in [2.45, 2.75) is 26.7 Å². The van der Waals surface area contributed by atoms with Gasteiger partial charge < -0.3 is 0 Å². The second kappa shape index (κ2) is 7.10. The van der Waals surface area contributed by atoms with Crippen molar-refractivity contribution in [3.8, 4) is 22.3 Å². The SMILES string of the molecule is Cc1cc2c(c(Cl)c1[Si]c1c(C)cc3c(c1Cl)Cc1ccccc1-3)Cc1ccccc1-2. The number of aryl methyl sites for hydroxylation is 2. The molecule has 0 saturated carbocycles. The fourth-order valence-electron chi connectivity index (χ4n) is 5.15. The molecular formula is C28H20Cl2Si. The van der Waals surface area contributed by atoms with Crippen molar-refractivity contribution in [1.82, 2.24) is 0 Å². The first-order chi connectivity index (χ1) is 15.0. The molecule has 0 amide bonds. The normalized spacial score (nSPS) is 13.0. The monoisotopic (exact) mass is 454 g/mol. The first-order valence-electron chi connectivity index (χ1n) is 10.6. The summed E-state index contributed by atoms with van der Waals surface area (Å²) in [6.45, 7) is 4.36. The van der Waals surface area contributed by atoms with Gasteiger partial charge >= 0.3 is 0 Å². The molecule has 0 bridgehead atoms. The van der Waals surface area contributed by atoms with Gasteiger partial charge in [-0.3, -0.25) is 0 Å². The summed E-state index contributed by atoms with van der Waals surface area (Å²) >= 11 is 14.1. The van der Waals surface area contributed by atoms with E-state index in [-0.39, 0.29) is 0 Å². The Hall–Kier alpha value is -2.32. The van der Waals surface area contributed by atoms with Gasteiger partial charge in [-0.2, -0.15) is 0 Å². The Morgan fingerprint density at radius 3 is 1.48 bits per heavy atom. The van der Waals surface area contributed by atoms with Crippen LogP contribution in [-0.4, -0.2) is 9.52 Å². The summed E-state index contributed by atoms with van der Waals surface area (Å²) in [6, 6.07) is 21.9. The smallest absolute Gasteiger partial charge is 0.0841 e. The summed E-state index contributed by atoms with van der Waals surface area (Å²) in [4.78, 5) is 0. The lowest BCUT2D eigenvalue weighted by Crippen LogP contribution is -2.33. The summed E-state index contributed by atoms with van der Waals surface area (Å²) in [5.41, 5.74) is 13.0. The van der Waals surface area contributed by atoms with Gasteiger partial charge in [0.1, 0.15) is 9.52 Å². The summed E-state index contributed by atoms with van der Waals surface area (Å²) in [6.07, 6.45) is 1.82. The quantitative estimate of drug-likeness (QED) is 0.265. The lowest BCUT2D eigenvalue weighted by molar-refractivity contribution is 1.26. The van der Waals surface area contributed by atoms with Crippen molar-refractivity contribution in [3.05, 3.63) is 104 Å². The standard InChI is InChI=1S/C28H20Cl2Si/c1-15-11-21-19-9-5-3-7-17(19)13-23(21)25(29)27(15)31-28-16(2)12-22-20-10-6-4-8-18(20)14-24(22)26(28)30/h3-12H,13-14H2,1-2H3. The summed E-state index contributed by atoms with van der Waals surface area (Å²) in [7, 11) is 0.449. The molecule has 31 heavy (non-hydrogen) atoms. The van der Waals surface area contributed by atoms with Gasteiger partial charge in [-0.1, -0.05) is 83.9 Å². The number of hydrogen-bond donors (Lipinski definition) is 0. The fraction of sp³-hybridized carbons (Fsp3) is 0.143. The molecule has 150 valence electrons. The van der Waals surface area contributed by atoms with E-state index in [0.29, 0.717) is 9.52 Å². The third kappa shape index (κ3) is 2.87. The van der Waals surface area contributed by atoms with Crippen molar-refractivity contribution in [2.75, 3.05) is 0 Å². The van der Waals surface area contributed by atoms with E-state index in [2.05, 4.69) is 74.5 Å². The van der Waals surface area contributed by atoms with Crippen LogP contribution in [0.1, 0.15) is 33.4 Å². The molecule has 0 fully saturated rings. The van der Waals surface area contributed by atoms with E-state index in [0.717, 1.165) is 22.9 Å². The Morgan fingerprint density at radius 2 is 1.03 bits per heavy atom. The van der Waals surface area contributed by atoms with Gasteiger partial charge in [0.2, 0.25) is 0 Å². The van der Waals surface area contributed by atoms with Crippen LogP contribution in [0.15, 0.2) is 60.7 Å². The van der Waals surface area contributed by atoms with E-state index in [1.165, 1.54) is 66.0 Å². The minimum Gasteiger partial charge on any atom is -0.0841 e. The summed E-state index contributed by atoms with van der Waals surface area (Å²) < 4.78 is 0.